The van der Waals surface area contributed by atoms with Crippen LogP contribution in [0.1, 0.15) is 12.5 Å². The van der Waals surface area contributed by atoms with Crippen molar-refractivity contribution >= 4 is 21.6 Å². The van der Waals surface area contributed by atoms with Crippen LogP contribution in [0.3, 0.4) is 0 Å². The van der Waals surface area contributed by atoms with Crippen LogP contribution < -0.4 is 29.0 Å². The van der Waals surface area contributed by atoms with Gasteiger partial charge in [0.25, 0.3) is 5.91 Å². The SMILES string of the molecule is CCOc1ccccc1NC(=O)COc1ccc(S(=O)(=O)NCCc2ccc(OC)c(OC)c2)cc1. The van der Waals surface area contributed by atoms with E-state index in [1.807, 2.05) is 25.1 Å². The Labute approximate surface area is 211 Å². The van der Waals surface area contributed by atoms with Crippen LogP contribution >= 0.6 is 0 Å². The van der Waals surface area contributed by atoms with E-state index in [1.54, 1.807) is 38.5 Å². The molecule has 0 bridgehead atoms. The third-order valence-corrected chi connectivity index (χ3v) is 6.60. The second-order valence-electron chi connectivity index (χ2n) is 7.57. The van der Waals surface area contributed by atoms with Crippen molar-refractivity contribution in [1.29, 1.82) is 0 Å². The maximum absolute atomic E-state index is 12.6. The zero-order valence-corrected chi connectivity index (χ0v) is 21.3. The number of hydrogen-bond acceptors (Lipinski definition) is 7. The molecule has 2 N–H and O–H groups in total. The van der Waals surface area contributed by atoms with Crippen LogP contribution in [0.25, 0.3) is 0 Å². The van der Waals surface area contributed by atoms with Gasteiger partial charge in [0.15, 0.2) is 18.1 Å². The molecule has 192 valence electrons. The van der Waals surface area contributed by atoms with Gasteiger partial charge in [-0.2, -0.15) is 0 Å². The highest BCUT2D eigenvalue weighted by atomic mass is 32.2. The van der Waals surface area contributed by atoms with Crippen LogP contribution in [0, 0.1) is 0 Å². The molecule has 9 nitrogen and oxygen atoms in total. The van der Waals surface area contributed by atoms with Gasteiger partial charge in [0.2, 0.25) is 10.0 Å². The number of rotatable bonds is 13. The van der Waals surface area contributed by atoms with E-state index in [0.29, 0.717) is 41.7 Å². The van der Waals surface area contributed by atoms with E-state index in [0.717, 1.165) is 5.56 Å². The van der Waals surface area contributed by atoms with Crippen molar-refractivity contribution in [2.45, 2.75) is 18.2 Å². The molecule has 0 atom stereocenters. The molecule has 0 saturated heterocycles. The fourth-order valence-corrected chi connectivity index (χ4v) is 4.38. The first-order valence-electron chi connectivity index (χ1n) is 11.3. The molecule has 0 heterocycles. The number of sulfonamides is 1. The average Bonchev–Trinajstić information content (AvgIpc) is 2.89. The molecular weight excluding hydrogens is 484 g/mol. The van der Waals surface area contributed by atoms with Crippen molar-refractivity contribution in [1.82, 2.24) is 4.72 Å². The zero-order chi connectivity index (χ0) is 26.0. The minimum Gasteiger partial charge on any atom is -0.493 e. The largest absolute Gasteiger partial charge is 0.493 e. The molecule has 36 heavy (non-hydrogen) atoms. The Morgan fingerprint density at radius 3 is 2.28 bits per heavy atom. The van der Waals surface area contributed by atoms with Crippen LogP contribution in [-0.2, 0) is 21.2 Å². The molecular formula is C26H30N2O7S. The Hall–Kier alpha value is -3.76. The van der Waals surface area contributed by atoms with Crippen molar-refractivity contribution in [3.8, 4) is 23.0 Å². The Balaban J connectivity index is 1.51. The summed E-state index contributed by atoms with van der Waals surface area (Å²) in [5, 5.41) is 2.74. The number of methoxy groups -OCH3 is 2. The Kier molecular flexibility index (Phi) is 9.54. The van der Waals surface area contributed by atoms with E-state index in [1.165, 1.54) is 24.3 Å². The lowest BCUT2D eigenvalue weighted by atomic mass is 10.1. The zero-order valence-electron chi connectivity index (χ0n) is 20.4. The predicted molar refractivity (Wildman–Crippen MR) is 137 cm³/mol. The third kappa shape index (κ3) is 7.37. The van der Waals surface area contributed by atoms with Gasteiger partial charge >= 0.3 is 0 Å². The molecule has 3 rings (SSSR count). The summed E-state index contributed by atoms with van der Waals surface area (Å²) < 4.78 is 49.3. The molecule has 0 radical (unpaired) electrons. The van der Waals surface area contributed by atoms with Crippen LogP contribution in [0.2, 0.25) is 0 Å². The van der Waals surface area contributed by atoms with Crippen molar-refractivity contribution in [2.75, 3.05) is 39.3 Å². The average molecular weight is 515 g/mol. The van der Waals surface area contributed by atoms with Gasteiger partial charge in [-0.05, 0) is 67.4 Å². The van der Waals surface area contributed by atoms with Gasteiger partial charge in [0.05, 0.1) is 31.4 Å². The molecule has 0 fully saturated rings. The Morgan fingerprint density at radius 1 is 0.861 bits per heavy atom. The van der Waals surface area contributed by atoms with Gasteiger partial charge in [-0.3, -0.25) is 4.79 Å². The van der Waals surface area contributed by atoms with Crippen molar-refractivity contribution in [2.24, 2.45) is 0 Å². The number of carbonyl (C=O) groups is 1. The number of hydrogen-bond donors (Lipinski definition) is 2. The monoisotopic (exact) mass is 514 g/mol. The fraction of sp³-hybridized carbons (Fsp3) is 0.269. The predicted octanol–water partition coefficient (Wildman–Crippen LogP) is 3.64. The van der Waals surface area contributed by atoms with E-state index in [2.05, 4.69) is 10.0 Å². The second kappa shape index (κ2) is 12.8. The summed E-state index contributed by atoms with van der Waals surface area (Å²) in [6, 6.07) is 18.4. The van der Waals surface area contributed by atoms with E-state index in [4.69, 9.17) is 18.9 Å². The van der Waals surface area contributed by atoms with Crippen LogP contribution in [0.15, 0.2) is 71.6 Å². The minimum atomic E-state index is -3.71. The van der Waals surface area contributed by atoms with E-state index >= 15 is 0 Å². The molecule has 3 aromatic carbocycles. The number of nitrogens with one attached hydrogen (secondary N) is 2. The normalized spacial score (nSPS) is 11.0. The number of anilines is 1. The quantitative estimate of drug-likeness (QED) is 0.358. The summed E-state index contributed by atoms with van der Waals surface area (Å²) >= 11 is 0. The molecule has 0 aliphatic carbocycles. The summed E-state index contributed by atoms with van der Waals surface area (Å²) in [6.07, 6.45) is 0.475. The highest BCUT2D eigenvalue weighted by Gasteiger charge is 2.14. The summed E-state index contributed by atoms with van der Waals surface area (Å²) in [4.78, 5) is 12.4. The minimum absolute atomic E-state index is 0.0947. The maximum atomic E-state index is 12.6. The van der Waals surface area contributed by atoms with Crippen LogP contribution in [0.5, 0.6) is 23.0 Å². The van der Waals surface area contributed by atoms with Gasteiger partial charge < -0.3 is 24.3 Å². The Bertz CT molecular complexity index is 1260. The standard InChI is InChI=1S/C26H30N2O7S/c1-4-34-23-8-6-5-7-22(23)28-26(29)18-35-20-10-12-21(13-11-20)36(30,31)27-16-15-19-9-14-24(32-2)25(17-19)33-3/h5-14,17,27H,4,15-16,18H2,1-3H3,(H,28,29). The molecule has 0 aliphatic heterocycles. The van der Waals surface area contributed by atoms with Gasteiger partial charge in [0.1, 0.15) is 11.5 Å². The highest BCUT2D eigenvalue weighted by Crippen LogP contribution is 2.27. The number of ether oxygens (including phenoxy) is 4. The number of amides is 1. The third-order valence-electron chi connectivity index (χ3n) is 5.12. The molecule has 0 saturated carbocycles. The number of para-hydroxylation sites is 2. The molecule has 0 spiro atoms. The summed E-state index contributed by atoms with van der Waals surface area (Å²) in [5.41, 5.74) is 1.45. The van der Waals surface area contributed by atoms with Crippen molar-refractivity contribution in [3.63, 3.8) is 0 Å². The lowest BCUT2D eigenvalue weighted by Crippen LogP contribution is -2.26. The van der Waals surface area contributed by atoms with E-state index < -0.39 is 10.0 Å². The smallest absolute Gasteiger partial charge is 0.262 e. The fourth-order valence-electron chi connectivity index (χ4n) is 3.35. The lowest BCUT2D eigenvalue weighted by molar-refractivity contribution is -0.118. The van der Waals surface area contributed by atoms with Crippen molar-refractivity contribution < 1.29 is 32.2 Å². The van der Waals surface area contributed by atoms with E-state index in [9.17, 15) is 13.2 Å². The molecule has 0 unspecified atom stereocenters. The summed E-state index contributed by atoms with van der Waals surface area (Å²) in [7, 11) is -0.610. The van der Waals surface area contributed by atoms with Gasteiger partial charge in [0, 0.05) is 6.54 Å². The second-order valence-corrected chi connectivity index (χ2v) is 9.34. The molecule has 0 aliphatic rings. The molecule has 1 amide bonds. The summed E-state index contributed by atoms with van der Waals surface area (Å²) in [5.74, 6) is 1.77. The highest BCUT2D eigenvalue weighted by molar-refractivity contribution is 7.89. The van der Waals surface area contributed by atoms with Crippen LogP contribution in [0.4, 0.5) is 5.69 Å². The topological polar surface area (TPSA) is 112 Å². The first-order chi connectivity index (χ1) is 17.4. The summed E-state index contributed by atoms with van der Waals surface area (Å²) in [6.45, 7) is 2.30. The first kappa shape index (κ1) is 26.8. The number of carbonyl (C=O) groups excluding carboxylic acids is 1. The van der Waals surface area contributed by atoms with Crippen LogP contribution in [-0.4, -0.2) is 48.3 Å². The first-order valence-corrected chi connectivity index (χ1v) is 12.8. The van der Waals surface area contributed by atoms with Crippen molar-refractivity contribution in [3.05, 3.63) is 72.3 Å². The van der Waals surface area contributed by atoms with Gasteiger partial charge in [-0.15, -0.1) is 0 Å². The maximum Gasteiger partial charge on any atom is 0.262 e. The Morgan fingerprint density at radius 2 is 1.58 bits per heavy atom. The van der Waals surface area contributed by atoms with E-state index in [-0.39, 0.29) is 24.0 Å². The van der Waals surface area contributed by atoms with Gasteiger partial charge in [-0.25, -0.2) is 13.1 Å². The molecule has 3 aromatic rings. The van der Waals surface area contributed by atoms with Gasteiger partial charge in [-0.1, -0.05) is 18.2 Å². The molecule has 10 heteroatoms. The molecule has 0 aromatic heterocycles. The lowest BCUT2D eigenvalue weighted by Gasteiger charge is -2.12. The number of benzene rings is 3.